The lowest BCUT2D eigenvalue weighted by Crippen LogP contribution is -2.44. The SMILES string of the molecule is COC(=O)C1CCCCN1Cc1ccc(Br)s1. The summed E-state index contributed by atoms with van der Waals surface area (Å²) in [6, 6.07) is 4.10. The van der Waals surface area contributed by atoms with Gasteiger partial charge in [0.1, 0.15) is 6.04 Å². The van der Waals surface area contributed by atoms with E-state index in [1.54, 1.807) is 11.3 Å². The minimum Gasteiger partial charge on any atom is -0.468 e. The van der Waals surface area contributed by atoms with Gasteiger partial charge in [-0.05, 0) is 47.4 Å². The van der Waals surface area contributed by atoms with Crippen LogP contribution in [0, 0.1) is 0 Å². The predicted octanol–water partition coefficient (Wildman–Crippen LogP) is 3.04. The molecule has 0 aromatic carbocycles. The zero-order valence-electron chi connectivity index (χ0n) is 9.82. The molecule has 1 unspecified atom stereocenters. The van der Waals surface area contributed by atoms with Crippen molar-refractivity contribution in [1.82, 2.24) is 4.90 Å². The number of carbonyl (C=O) groups excluding carboxylic acids is 1. The van der Waals surface area contributed by atoms with Gasteiger partial charge in [-0.15, -0.1) is 11.3 Å². The predicted molar refractivity (Wildman–Crippen MR) is 72.1 cm³/mol. The number of halogens is 1. The Bertz CT molecular complexity index is 394. The molecule has 0 N–H and O–H groups in total. The summed E-state index contributed by atoms with van der Waals surface area (Å²) in [6.07, 6.45) is 3.20. The van der Waals surface area contributed by atoms with Crippen LogP contribution in [0.5, 0.6) is 0 Å². The van der Waals surface area contributed by atoms with Crippen molar-refractivity contribution < 1.29 is 9.53 Å². The molecule has 1 aliphatic rings. The highest BCUT2D eigenvalue weighted by Gasteiger charge is 2.29. The van der Waals surface area contributed by atoms with E-state index in [2.05, 4.69) is 33.0 Å². The van der Waals surface area contributed by atoms with Gasteiger partial charge < -0.3 is 4.74 Å². The number of carbonyl (C=O) groups is 1. The fraction of sp³-hybridized carbons (Fsp3) is 0.583. The van der Waals surface area contributed by atoms with Gasteiger partial charge in [0, 0.05) is 11.4 Å². The van der Waals surface area contributed by atoms with Crippen LogP contribution in [0.25, 0.3) is 0 Å². The van der Waals surface area contributed by atoms with Gasteiger partial charge in [-0.1, -0.05) is 6.42 Å². The zero-order valence-corrected chi connectivity index (χ0v) is 12.2. The Morgan fingerprint density at radius 1 is 1.59 bits per heavy atom. The summed E-state index contributed by atoms with van der Waals surface area (Å²) in [5.41, 5.74) is 0. The number of piperidine rings is 1. The smallest absolute Gasteiger partial charge is 0.323 e. The second-order valence-electron chi connectivity index (χ2n) is 4.21. The van der Waals surface area contributed by atoms with Gasteiger partial charge in [0.15, 0.2) is 0 Å². The molecule has 2 rings (SSSR count). The largest absolute Gasteiger partial charge is 0.468 e. The molecule has 1 aliphatic heterocycles. The van der Waals surface area contributed by atoms with Crippen molar-refractivity contribution in [2.45, 2.75) is 31.8 Å². The molecule has 0 amide bonds. The van der Waals surface area contributed by atoms with E-state index in [-0.39, 0.29) is 12.0 Å². The average Bonchev–Trinajstić information content (AvgIpc) is 2.74. The molecule has 94 valence electrons. The summed E-state index contributed by atoms with van der Waals surface area (Å²) in [5, 5.41) is 0. The molecule has 1 atom stereocenters. The van der Waals surface area contributed by atoms with E-state index < -0.39 is 0 Å². The quantitative estimate of drug-likeness (QED) is 0.802. The summed E-state index contributed by atoms with van der Waals surface area (Å²) >= 11 is 5.19. The number of esters is 1. The summed E-state index contributed by atoms with van der Waals surface area (Å²) in [7, 11) is 1.47. The van der Waals surface area contributed by atoms with Crippen LogP contribution >= 0.6 is 27.3 Å². The van der Waals surface area contributed by atoms with Crippen LogP contribution in [0.2, 0.25) is 0 Å². The minimum absolute atomic E-state index is 0.0605. The van der Waals surface area contributed by atoms with Crippen molar-refractivity contribution in [3.63, 3.8) is 0 Å². The minimum atomic E-state index is -0.0969. The second kappa shape index (κ2) is 5.98. The number of methoxy groups -OCH3 is 1. The van der Waals surface area contributed by atoms with Gasteiger partial charge in [0.25, 0.3) is 0 Å². The van der Waals surface area contributed by atoms with Gasteiger partial charge in [-0.3, -0.25) is 9.69 Å². The van der Waals surface area contributed by atoms with Gasteiger partial charge in [0.2, 0.25) is 0 Å². The van der Waals surface area contributed by atoms with Crippen molar-refractivity contribution in [2.24, 2.45) is 0 Å². The van der Waals surface area contributed by atoms with E-state index in [4.69, 9.17) is 4.74 Å². The molecule has 0 spiro atoms. The van der Waals surface area contributed by atoms with E-state index in [0.717, 1.165) is 29.7 Å². The molecule has 1 saturated heterocycles. The fourth-order valence-corrected chi connectivity index (χ4v) is 3.73. The first-order valence-corrected chi connectivity index (χ1v) is 7.38. The molecule has 1 aromatic heterocycles. The lowest BCUT2D eigenvalue weighted by atomic mass is 10.0. The molecule has 1 aromatic rings. The van der Waals surface area contributed by atoms with Crippen molar-refractivity contribution >= 4 is 33.2 Å². The van der Waals surface area contributed by atoms with Crippen LogP contribution in [0.15, 0.2) is 15.9 Å². The van der Waals surface area contributed by atoms with E-state index in [0.29, 0.717) is 0 Å². The molecule has 3 nitrogen and oxygen atoms in total. The number of thiophene rings is 1. The third kappa shape index (κ3) is 3.30. The third-order valence-corrected chi connectivity index (χ3v) is 4.68. The topological polar surface area (TPSA) is 29.5 Å². The highest BCUT2D eigenvalue weighted by molar-refractivity contribution is 9.11. The maximum atomic E-state index is 11.7. The van der Waals surface area contributed by atoms with Crippen molar-refractivity contribution in [1.29, 1.82) is 0 Å². The zero-order chi connectivity index (χ0) is 12.3. The molecule has 1 fully saturated rings. The average molecular weight is 318 g/mol. The highest BCUT2D eigenvalue weighted by atomic mass is 79.9. The Morgan fingerprint density at radius 3 is 3.06 bits per heavy atom. The first-order chi connectivity index (χ1) is 8.20. The standard InChI is InChI=1S/C12H16BrNO2S/c1-16-12(15)10-4-2-3-7-14(10)8-9-5-6-11(13)17-9/h5-6,10H,2-4,7-8H2,1H3. The molecule has 17 heavy (non-hydrogen) atoms. The lowest BCUT2D eigenvalue weighted by molar-refractivity contribution is -0.148. The summed E-state index contributed by atoms with van der Waals surface area (Å²) < 4.78 is 6.01. The Balaban J connectivity index is 2.03. The molecule has 0 saturated carbocycles. The number of rotatable bonds is 3. The monoisotopic (exact) mass is 317 g/mol. The molecule has 0 radical (unpaired) electrons. The number of ether oxygens (including phenoxy) is 1. The molecule has 2 heterocycles. The summed E-state index contributed by atoms with van der Waals surface area (Å²) in [5.74, 6) is -0.0969. The van der Waals surface area contributed by atoms with Crippen LogP contribution in [-0.4, -0.2) is 30.6 Å². The number of likely N-dealkylation sites (tertiary alicyclic amines) is 1. The Hall–Kier alpha value is -0.390. The molecular weight excluding hydrogens is 302 g/mol. The van der Waals surface area contributed by atoms with Crippen LogP contribution < -0.4 is 0 Å². The van der Waals surface area contributed by atoms with Crippen molar-refractivity contribution in [2.75, 3.05) is 13.7 Å². The number of hydrogen-bond donors (Lipinski definition) is 0. The highest BCUT2D eigenvalue weighted by Crippen LogP contribution is 2.26. The number of nitrogens with zero attached hydrogens (tertiary/aromatic N) is 1. The molecular formula is C12H16BrNO2S. The normalized spacial score (nSPS) is 21.4. The maximum absolute atomic E-state index is 11.7. The van der Waals surface area contributed by atoms with Gasteiger partial charge >= 0.3 is 5.97 Å². The van der Waals surface area contributed by atoms with Crippen LogP contribution in [0.3, 0.4) is 0 Å². The summed E-state index contributed by atoms with van der Waals surface area (Å²) in [4.78, 5) is 15.2. The Morgan fingerprint density at radius 2 is 2.41 bits per heavy atom. The van der Waals surface area contributed by atoms with Gasteiger partial charge in [0.05, 0.1) is 10.9 Å². The first-order valence-electron chi connectivity index (χ1n) is 5.77. The molecule has 0 bridgehead atoms. The van der Waals surface area contributed by atoms with Crippen LogP contribution in [0.1, 0.15) is 24.1 Å². The van der Waals surface area contributed by atoms with Gasteiger partial charge in [-0.2, -0.15) is 0 Å². The maximum Gasteiger partial charge on any atom is 0.323 e. The third-order valence-electron chi connectivity index (χ3n) is 3.07. The number of hydrogen-bond acceptors (Lipinski definition) is 4. The van der Waals surface area contributed by atoms with E-state index in [9.17, 15) is 4.79 Å². The Kier molecular flexibility index (Phi) is 4.59. The fourth-order valence-electron chi connectivity index (χ4n) is 2.22. The van der Waals surface area contributed by atoms with Crippen LogP contribution in [-0.2, 0) is 16.1 Å². The Labute approximate surface area is 114 Å². The van der Waals surface area contributed by atoms with Crippen molar-refractivity contribution in [3.8, 4) is 0 Å². The van der Waals surface area contributed by atoms with Crippen molar-refractivity contribution in [3.05, 3.63) is 20.8 Å². The van der Waals surface area contributed by atoms with E-state index in [1.165, 1.54) is 18.4 Å². The lowest BCUT2D eigenvalue weighted by Gasteiger charge is -2.33. The summed E-state index contributed by atoms with van der Waals surface area (Å²) in [6.45, 7) is 1.82. The van der Waals surface area contributed by atoms with E-state index >= 15 is 0 Å². The van der Waals surface area contributed by atoms with E-state index in [1.807, 2.05) is 0 Å². The molecule has 5 heteroatoms. The first kappa shape index (κ1) is 13.1. The second-order valence-corrected chi connectivity index (χ2v) is 6.76. The molecule has 0 aliphatic carbocycles. The van der Waals surface area contributed by atoms with Crippen LogP contribution in [0.4, 0.5) is 0 Å². The van der Waals surface area contributed by atoms with Gasteiger partial charge in [-0.25, -0.2) is 0 Å².